The summed E-state index contributed by atoms with van der Waals surface area (Å²) >= 11 is 13.7. The number of ketones is 1. The van der Waals surface area contributed by atoms with Crippen LogP contribution in [-0.2, 0) is 9.53 Å². The van der Waals surface area contributed by atoms with Crippen molar-refractivity contribution in [3.8, 4) is 0 Å². The van der Waals surface area contributed by atoms with Gasteiger partial charge in [0.25, 0.3) is 5.91 Å². The number of carbonyl (C=O) groups excluding carboxylic acids is 2. The Hall–Kier alpha value is -1.93. The number of hydrogen-bond donors (Lipinski definition) is 1. The van der Waals surface area contributed by atoms with Crippen LogP contribution in [0, 0.1) is 13.8 Å². The molecule has 1 atom stereocenters. The van der Waals surface area contributed by atoms with Gasteiger partial charge in [-0.3, -0.25) is 9.59 Å². The lowest BCUT2D eigenvalue weighted by atomic mass is 9.95. The molecule has 0 fully saturated rings. The van der Waals surface area contributed by atoms with E-state index in [0.29, 0.717) is 39.2 Å². The molecule has 0 saturated carbocycles. The third-order valence-corrected chi connectivity index (χ3v) is 6.30. The zero-order chi connectivity index (χ0) is 21.3. The highest BCUT2D eigenvalue weighted by atomic mass is 35.5. The first-order valence-electron chi connectivity index (χ1n) is 8.93. The number of aromatic nitrogens is 1. The minimum absolute atomic E-state index is 0.00314. The van der Waals surface area contributed by atoms with Crippen LogP contribution in [0.15, 0.2) is 29.5 Å². The summed E-state index contributed by atoms with van der Waals surface area (Å²) < 4.78 is 5.08. The molecule has 0 aliphatic carbocycles. The minimum Gasteiger partial charge on any atom is -0.503 e. The molecule has 1 aliphatic rings. The maximum absolute atomic E-state index is 13.4. The van der Waals surface area contributed by atoms with Crippen molar-refractivity contribution in [1.29, 1.82) is 0 Å². The summed E-state index contributed by atoms with van der Waals surface area (Å²) in [5.41, 5.74) is 1.08. The minimum atomic E-state index is -0.821. The highest BCUT2D eigenvalue weighted by Gasteiger charge is 2.44. The molecule has 0 bridgehead atoms. The Morgan fingerprint density at radius 1 is 1.34 bits per heavy atom. The van der Waals surface area contributed by atoms with Gasteiger partial charge >= 0.3 is 0 Å². The number of aliphatic hydroxyl groups is 1. The zero-order valence-electron chi connectivity index (χ0n) is 16.2. The van der Waals surface area contributed by atoms with Crippen molar-refractivity contribution in [2.45, 2.75) is 26.3 Å². The van der Waals surface area contributed by atoms with E-state index < -0.39 is 23.5 Å². The number of carbonyl (C=O) groups is 2. The van der Waals surface area contributed by atoms with Gasteiger partial charge in [0.05, 0.1) is 27.2 Å². The van der Waals surface area contributed by atoms with Crippen LogP contribution in [-0.4, -0.2) is 46.9 Å². The predicted octanol–water partition coefficient (Wildman–Crippen LogP) is 4.68. The van der Waals surface area contributed by atoms with Crippen molar-refractivity contribution in [3.63, 3.8) is 0 Å². The lowest BCUT2D eigenvalue weighted by Gasteiger charge is -2.27. The predicted molar refractivity (Wildman–Crippen MR) is 113 cm³/mol. The van der Waals surface area contributed by atoms with Crippen LogP contribution in [0.4, 0.5) is 0 Å². The monoisotopic (exact) mass is 454 g/mol. The van der Waals surface area contributed by atoms with E-state index in [4.69, 9.17) is 27.9 Å². The molecule has 2 heterocycles. The van der Waals surface area contributed by atoms with E-state index in [1.54, 1.807) is 39.2 Å². The molecule has 1 amide bonds. The van der Waals surface area contributed by atoms with Gasteiger partial charge in [0, 0.05) is 30.3 Å². The standard InChI is InChI=1S/C20H20Cl2N2O4S/c1-10-19(29-11(2)23-10)17(25)15-16(13-6-5-12(21)9-14(13)22)24(7-4-8-28-3)20(27)18(15)26/h5-6,9,16,26H,4,7-8H2,1-3H3. The van der Waals surface area contributed by atoms with Crippen molar-refractivity contribution in [1.82, 2.24) is 9.88 Å². The highest BCUT2D eigenvalue weighted by Crippen LogP contribution is 2.42. The number of halogens is 2. The fourth-order valence-corrected chi connectivity index (χ4v) is 4.79. The lowest BCUT2D eigenvalue weighted by molar-refractivity contribution is -0.129. The highest BCUT2D eigenvalue weighted by molar-refractivity contribution is 7.14. The summed E-state index contributed by atoms with van der Waals surface area (Å²) in [7, 11) is 1.57. The van der Waals surface area contributed by atoms with Gasteiger partial charge < -0.3 is 14.7 Å². The molecular formula is C20H20Cl2N2O4S. The smallest absolute Gasteiger partial charge is 0.290 e. The summed E-state index contributed by atoms with van der Waals surface area (Å²) in [4.78, 5) is 32.3. The van der Waals surface area contributed by atoms with Gasteiger partial charge in [0.15, 0.2) is 5.76 Å². The van der Waals surface area contributed by atoms with Crippen LogP contribution in [0.5, 0.6) is 0 Å². The summed E-state index contributed by atoms with van der Waals surface area (Å²) in [6.45, 7) is 4.25. The molecular weight excluding hydrogens is 435 g/mol. The molecule has 1 aromatic carbocycles. The molecule has 29 heavy (non-hydrogen) atoms. The molecule has 154 valence electrons. The summed E-state index contributed by atoms with van der Waals surface area (Å²) in [5, 5.41) is 12.1. The van der Waals surface area contributed by atoms with Crippen LogP contribution >= 0.6 is 34.5 Å². The van der Waals surface area contributed by atoms with Gasteiger partial charge in [-0.2, -0.15) is 0 Å². The fraction of sp³-hybridized carbons (Fsp3) is 0.350. The van der Waals surface area contributed by atoms with E-state index in [0.717, 1.165) is 5.01 Å². The normalized spacial score (nSPS) is 16.8. The SMILES string of the molecule is COCCCN1C(=O)C(O)=C(C(=O)c2sc(C)nc2C)C1c1ccc(Cl)cc1Cl. The summed E-state index contributed by atoms with van der Waals surface area (Å²) in [6.07, 6.45) is 0.539. The van der Waals surface area contributed by atoms with Crippen molar-refractivity contribution >= 4 is 46.2 Å². The summed E-state index contributed by atoms with van der Waals surface area (Å²) in [5.74, 6) is -1.60. The second-order valence-corrected chi connectivity index (χ2v) is 8.70. The number of nitrogens with zero attached hydrogens (tertiary/aromatic N) is 2. The Bertz CT molecular complexity index is 1000. The van der Waals surface area contributed by atoms with Gasteiger partial charge in [0.2, 0.25) is 5.78 Å². The Morgan fingerprint density at radius 2 is 2.07 bits per heavy atom. The van der Waals surface area contributed by atoms with Crippen molar-refractivity contribution in [2.24, 2.45) is 0 Å². The van der Waals surface area contributed by atoms with Crippen molar-refractivity contribution < 1.29 is 19.4 Å². The van der Waals surface area contributed by atoms with Gasteiger partial charge in [-0.05, 0) is 38.0 Å². The molecule has 3 rings (SSSR count). The first-order valence-corrected chi connectivity index (χ1v) is 10.5. The second-order valence-electron chi connectivity index (χ2n) is 6.65. The number of amides is 1. The van der Waals surface area contributed by atoms with Crippen LogP contribution in [0.25, 0.3) is 0 Å². The van der Waals surface area contributed by atoms with E-state index in [-0.39, 0.29) is 12.1 Å². The zero-order valence-corrected chi connectivity index (χ0v) is 18.5. The average Bonchev–Trinajstić information content (AvgIpc) is 3.12. The van der Waals surface area contributed by atoms with Crippen LogP contribution in [0.1, 0.15) is 38.4 Å². The summed E-state index contributed by atoms with van der Waals surface area (Å²) in [6, 6.07) is 4.04. The Kier molecular flexibility index (Phi) is 6.63. The first kappa shape index (κ1) is 21.8. The maximum atomic E-state index is 13.4. The molecule has 1 N–H and O–H groups in total. The third kappa shape index (κ3) is 4.19. The Balaban J connectivity index is 2.11. The van der Waals surface area contributed by atoms with Crippen molar-refractivity contribution in [2.75, 3.05) is 20.3 Å². The second kappa shape index (κ2) is 8.83. The van der Waals surface area contributed by atoms with Gasteiger partial charge in [-0.1, -0.05) is 29.3 Å². The van der Waals surface area contributed by atoms with E-state index in [1.807, 2.05) is 0 Å². The fourth-order valence-electron chi connectivity index (χ4n) is 3.41. The number of Topliss-reactive ketones (excluding diaryl/α,β-unsaturated/α-hetero) is 1. The quantitative estimate of drug-likeness (QED) is 0.485. The molecule has 1 aromatic heterocycles. The number of aryl methyl sites for hydroxylation is 2. The number of methoxy groups -OCH3 is 1. The largest absolute Gasteiger partial charge is 0.503 e. The number of hydrogen-bond acceptors (Lipinski definition) is 6. The van der Waals surface area contributed by atoms with Crippen LogP contribution < -0.4 is 0 Å². The molecule has 9 heteroatoms. The number of rotatable bonds is 7. The van der Waals surface area contributed by atoms with Gasteiger partial charge in [-0.25, -0.2) is 4.98 Å². The average molecular weight is 455 g/mol. The third-order valence-electron chi connectivity index (χ3n) is 4.66. The molecule has 6 nitrogen and oxygen atoms in total. The first-order chi connectivity index (χ1) is 13.8. The number of benzene rings is 1. The van der Waals surface area contributed by atoms with Gasteiger partial charge in [0.1, 0.15) is 0 Å². The van der Waals surface area contributed by atoms with E-state index in [2.05, 4.69) is 4.98 Å². The van der Waals surface area contributed by atoms with E-state index >= 15 is 0 Å². The number of thiazole rings is 1. The Labute approximate surface area is 182 Å². The molecule has 1 aliphatic heterocycles. The van der Waals surface area contributed by atoms with E-state index in [1.165, 1.54) is 16.2 Å². The van der Waals surface area contributed by atoms with Crippen molar-refractivity contribution in [3.05, 3.63) is 60.7 Å². The number of ether oxygens (including phenoxy) is 1. The lowest BCUT2D eigenvalue weighted by Crippen LogP contribution is -2.32. The van der Waals surface area contributed by atoms with Gasteiger partial charge in [-0.15, -0.1) is 11.3 Å². The maximum Gasteiger partial charge on any atom is 0.290 e. The van der Waals surface area contributed by atoms with E-state index in [9.17, 15) is 14.7 Å². The molecule has 2 aromatic rings. The van der Waals surface area contributed by atoms with Crippen LogP contribution in [0.2, 0.25) is 10.0 Å². The van der Waals surface area contributed by atoms with Crippen LogP contribution in [0.3, 0.4) is 0 Å². The molecule has 1 unspecified atom stereocenters. The number of aliphatic hydroxyl groups excluding tert-OH is 1. The molecule has 0 saturated heterocycles. The molecule has 0 radical (unpaired) electrons. The Morgan fingerprint density at radius 3 is 2.66 bits per heavy atom. The molecule has 0 spiro atoms. The topological polar surface area (TPSA) is 79.7 Å².